The second kappa shape index (κ2) is 8.23. The first kappa shape index (κ1) is 13.1. The number of carbonyl (C=O) groups excluding carboxylic acids is 1. The molecule has 90 valence electrons. The van der Waals surface area contributed by atoms with E-state index in [1.54, 1.807) is 6.92 Å². The summed E-state index contributed by atoms with van der Waals surface area (Å²) >= 11 is 0. The standard InChI is InChI=1S/C14H17NO2/c1-2-3-7-11-15-14(16)10-12-17-13-8-5-4-6-9-13/h4-6,8-9H,7,10-12H2,1H3,(H,15,16). The highest BCUT2D eigenvalue weighted by Crippen LogP contribution is 2.08. The molecule has 0 saturated heterocycles. The van der Waals surface area contributed by atoms with Gasteiger partial charge in [-0.3, -0.25) is 4.79 Å². The quantitative estimate of drug-likeness (QED) is 0.600. The molecule has 0 radical (unpaired) electrons. The molecule has 1 aromatic carbocycles. The Morgan fingerprint density at radius 3 is 2.82 bits per heavy atom. The van der Waals surface area contributed by atoms with Crippen molar-refractivity contribution in [1.29, 1.82) is 0 Å². The summed E-state index contributed by atoms with van der Waals surface area (Å²) in [5.74, 6) is 6.46. The molecule has 0 fully saturated rings. The Morgan fingerprint density at radius 1 is 1.35 bits per heavy atom. The highest BCUT2D eigenvalue weighted by atomic mass is 16.5. The Balaban J connectivity index is 2.09. The first-order valence-electron chi connectivity index (χ1n) is 5.67. The summed E-state index contributed by atoms with van der Waals surface area (Å²) in [6.45, 7) is 2.79. The summed E-state index contributed by atoms with van der Waals surface area (Å²) in [6.07, 6.45) is 1.07. The van der Waals surface area contributed by atoms with Crippen molar-refractivity contribution in [2.24, 2.45) is 0 Å². The fraction of sp³-hybridized carbons (Fsp3) is 0.357. The molecule has 1 aromatic rings. The second-order valence-electron chi connectivity index (χ2n) is 3.44. The Kier molecular flexibility index (Phi) is 6.35. The van der Waals surface area contributed by atoms with Crippen LogP contribution in [-0.2, 0) is 4.79 Å². The van der Waals surface area contributed by atoms with Crippen molar-refractivity contribution in [2.75, 3.05) is 13.2 Å². The van der Waals surface area contributed by atoms with Gasteiger partial charge in [-0.1, -0.05) is 18.2 Å². The zero-order valence-electron chi connectivity index (χ0n) is 10.0. The molecule has 1 N–H and O–H groups in total. The molecule has 0 aliphatic rings. The molecule has 1 rings (SSSR count). The molecule has 1 amide bonds. The topological polar surface area (TPSA) is 38.3 Å². The van der Waals surface area contributed by atoms with Crippen molar-refractivity contribution >= 4 is 5.91 Å². The van der Waals surface area contributed by atoms with E-state index in [1.165, 1.54) is 0 Å². The molecule has 3 nitrogen and oxygen atoms in total. The lowest BCUT2D eigenvalue weighted by Gasteiger charge is -2.06. The van der Waals surface area contributed by atoms with E-state index in [9.17, 15) is 4.79 Å². The van der Waals surface area contributed by atoms with Gasteiger partial charge in [-0.25, -0.2) is 0 Å². The number of rotatable bonds is 6. The van der Waals surface area contributed by atoms with Crippen molar-refractivity contribution in [1.82, 2.24) is 5.32 Å². The molecule has 0 saturated carbocycles. The summed E-state index contributed by atoms with van der Waals surface area (Å²) in [5, 5.41) is 2.78. The number of hydrogen-bond donors (Lipinski definition) is 1. The number of nitrogens with one attached hydrogen (secondary N) is 1. The summed E-state index contributed by atoms with van der Waals surface area (Å²) in [4.78, 5) is 11.4. The molecule has 0 aromatic heterocycles. The molecule has 3 heteroatoms. The normalized spacial score (nSPS) is 9.00. The number of carbonyl (C=O) groups is 1. The SMILES string of the molecule is CC#CCCNC(=O)CCOc1ccccc1. The maximum atomic E-state index is 11.4. The van der Waals surface area contributed by atoms with Crippen LogP contribution in [0.4, 0.5) is 0 Å². The Morgan fingerprint density at radius 2 is 2.12 bits per heavy atom. The number of benzene rings is 1. The van der Waals surface area contributed by atoms with Gasteiger partial charge in [0.1, 0.15) is 5.75 Å². The summed E-state index contributed by atoms with van der Waals surface area (Å²) in [7, 11) is 0. The molecule has 0 aliphatic heterocycles. The van der Waals surface area contributed by atoms with Gasteiger partial charge in [-0.05, 0) is 19.1 Å². The van der Waals surface area contributed by atoms with Crippen LogP contribution >= 0.6 is 0 Å². The zero-order chi connectivity index (χ0) is 12.3. The van der Waals surface area contributed by atoms with Gasteiger partial charge < -0.3 is 10.1 Å². The Labute approximate surface area is 102 Å². The number of para-hydroxylation sites is 1. The van der Waals surface area contributed by atoms with E-state index < -0.39 is 0 Å². The maximum Gasteiger partial charge on any atom is 0.223 e. The van der Waals surface area contributed by atoms with Gasteiger partial charge in [-0.2, -0.15) is 0 Å². The van der Waals surface area contributed by atoms with Gasteiger partial charge in [0.2, 0.25) is 5.91 Å². The lowest BCUT2D eigenvalue weighted by Crippen LogP contribution is -2.25. The van der Waals surface area contributed by atoms with Crippen LogP contribution in [0, 0.1) is 11.8 Å². The first-order valence-corrected chi connectivity index (χ1v) is 5.67. The number of hydrogen-bond acceptors (Lipinski definition) is 2. The first-order chi connectivity index (χ1) is 8.33. The summed E-state index contributed by atoms with van der Waals surface area (Å²) in [5.41, 5.74) is 0. The van der Waals surface area contributed by atoms with Crippen molar-refractivity contribution in [3.63, 3.8) is 0 Å². The molecular formula is C14H17NO2. The molecule has 0 bridgehead atoms. The van der Waals surface area contributed by atoms with Crippen molar-refractivity contribution in [3.8, 4) is 17.6 Å². The molecule has 17 heavy (non-hydrogen) atoms. The van der Waals surface area contributed by atoms with Crippen LogP contribution in [0.15, 0.2) is 30.3 Å². The highest BCUT2D eigenvalue weighted by Gasteiger charge is 2.00. The largest absolute Gasteiger partial charge is 0.493 e. The number of amides is 1. The number of ether oxygens (including phenoxy) is 1. The molecule has 0 aliphatic carbocycles. The molecular weight excluding hydrogens is 214 g/mol. The van der Waals surface area contributed by atoms with E-state index in [2.05, 4.69) is 17.2 Å². The lowest BCUT2D eigenvalue weighted by molar-refractivity contribution is -0.121. The van der Waals surface area contributed by atoms with E-state index in [-0.39, 0.29) is 5.91 Å². The monoisotopic (exact) mass is 231 g/mol. The third kappa shape index (κ3) is 6.26. The minimum atomic E-state index is -0.00108. The zero-order valence-corrected chi connectivity index (χ0v) is 10.0. The minimum Gasteiger partial charge on any atom is -0.493 e. The van der Waals surface area contributed by atoms with E-state index in [0.29, 0.717) is 26.0 Å². The third-order valence-corrected chi connectivity index (χ3v) is 2.09. The maximum absolute atomic E-state index is 11.4. The van der Waals surface area contributed by atoms with E-state index in [1.807, 2.05) is 30.3 Å². The fourth-order valence-corrected chi connectivity index (χ4v) is 1.26. The van der Waals surface area contributed by atoms with Gasteiger partial charge in [0.05, 0.1) is 13.0 Å². The average molecular weight is 231 g/mol. The molecule has 0 spiro atoms. The van der Waals surface area contributed by atoms with Crippen molar-refractivity contribution in [2.45, 2.75) is 19.8 Å². The van der Waals surface area contributed by atoms with Crippen LogP contribution in [0.25, 0.3) is 0 Å². The van der Waals surface area contributed by atoms with Crippen LogP contribution in [0.3, 0.4) is 0 Å². The Bertz CT molecular complexity index is 390. The molecule has 0 atom stereocenters. The lowest BCUT2D eigenvalue weighted by atomic mass is 10.3. The van der Waals surface area contributed by atoms with Crippen LogP contribution in [0.1, 0.15) is 19.8 Å². The molecule has 0 heterocycles. The van der Waals surface area contributed by atoms with Crippen molar-refractivity contribution in [3.05, 3.63) is 30.3 Å². The Hall–Kier alpha value is -1.95. The van der Waals surface area contributed by atoms with E-state index in [4.69, 9.17) is 4.74 Å². The third-order valence-electron chi connectivity index (χ3n) is 2.09. The second-order valence-corrected chi connectivity index (χ2v) is 3.44. The molecule has 0 unspecified atom stereocenters. The van der Waals surface area contributed by atoms with E-state index >= 15 is 0 Å². The predicted molar refractivity (Wildman–Crippen MR) is 67.6 cm³/mol. The summed E-state index contributed by atoms with van der Waals surface area (Å²) in [6, 6.07) is 9.47. The van der Waals surface area contributed by atoms with Gasteiger partial charge in [0.15, 0.2) is 0 Å². The van der Waals surface area contributed by atoms with E-state index in [0.717, 1.165) is 5.75 Å². The van der Waals surface area contributed by atoms with Gasteiger partial charge in [-0.15, -0.1) is 11.8 Å². The van der Waals surface area contributed by atoms with Crippen molar-refractivity contribution < 1.29 is 9.53 Å². The summed E-state index contributed by atoms with van der Waals surface area (Å²) < 4.78 is 5.42. The average Bonchev–Trinajstić information content (AvgIpc) is 2.36. The van der Waals surface area contributed by atoms with Crippen LogP contribution in [0.2, 0.25) is 0 Å². The van der Waals surface area contributed by atoms with Gasteiger partial charge in [0, 0.05) is 13.0 Å². The van der Waals surface area contributed by atoms with Crippen LogP contribution in [-0.4, -0.2) is 19.1 Å². The van der Waals surface area contributed by atoms with Gasteiger partial charge in [0.25, 0.3) is 0 Å². The smallest absolute Gasteiger partial charge is 0.223 e. The van der Waals surface area contributed by atoms with Crippen LogP contribution in [0.5, 0.6) is 5.75 Å². The van der Waals surface area contributed by atoms with Crippen LogP contribution < -0.4 is 10.1 Å². The van der Waals surface area contributed by atoms with Gasteiger partial charge >= 0.3 is 0 Å². The highest BCUT2D eigenvalue weighted by molar-refractivity contribution is 5.75. The fourth-order valence-electron chi connectivity index (χ4n) is 1.26. The predicted octanol–water partition coefficient (Wildman–Crippen LogP) is 1.99. The minimum absolute atomic E-state index is 0.00108.